The first-order chi connectivity index (χ1) is 6.71. The molecule has 1 N–H and O–H groups in total. The van der Waals surface area contributed by atoms with Crippen LogP contribution in [-0.2, 0) is 4.74 Å². The third-order valence-electron chi connectivity index (χ3n) is 3.44. The van der Waals surface area contributed by atoms with Crippen molar-refractivity contribution in [3.05, 3.63) is 0 Å². The Hall–Kier alpha value is -0.0800. The van der Waals surface area contributed by atoms with Crippen LogP contribution in [0.15, 0.2) is 0 Å². The number of ether oxygens (including phenoxy) is 1. The van der Waals surface area contributed by atoms with Crippen molar-refractivity contribution in [2.45, 2.75) is 58.0 Å². The van der Waals surface area contributed by atoms with Gasteiger partial charge in [0.2, 0.25) is 0 Å². The molecule has 0 saturated heterocycles. The quantitative estimate of drug-likeness (QED) is 0.691. The van der Waals surface area contributed by atoms with Crippen molar-refractivity contribution in [1.29, 1.82) is 0 Å². The summed E-state index contributed by atoms with van der Waals surface area (Å²) >= 11 is 0. The van der Waals surface area contributed by atoms with E-state index in [9.17, 15) is 0 Å². The van der Waals surface area contributed by atoms with Crippen LogP contribution in [0, 0.1) is 5.92 Å². The summed E-state index contributed by atoms with van der Waals surface area (Å²) in [5, 5.41) is 8.74. The van der Waals surface area contributed by atoms with Crippen molar-refractivity contribution in [3.63, 3.8) is 0 Å². The van der Waals surface area contributed by atoms with Gasteiger partial charge in [0.1, 0.15) is 0 Å². The Bertz CT molecular complexity index is 148. The Balaban J connectivity index is 2.43. The van der Waals surface area contributed by atoms with E-state index in [0.29, 0.717) is 12.5 Å². The lowest BCUT2D eigenvalue weighted by atomic mass is 9.77. The van der Waals surface area contributed by atoms with Gasteiger partial charge in [-0.1, -0.05) is 33.1 Å². The van der Waals surface area contributed by atoms with Crippen LogP contribution in [0.25, 0.3) is 0 Å². The van der Waals surface area contributed by atoms with E-state index >= 15 is 0 Å². The lowest BCUT2D eigenvalue weighted by molar-refractivity contribution is -0.104. The highest BCUT2D eigenvalue weighted by Crippen LogP contribution is 2.37. The van der Waals surface area contributed by atoms with Gasteiger partial charge in [-0.2, -0.15) is 0 Å². The summed E-state index contributed by atoms with van der Waals surface area (Å²) in [7, 11) is 0. The third-order valence-corrected chi connectivity index (χ3v) is 3.44. The Morgan fingerprint density at radius 2 is 1.86 bits per heavy atom. The molecule has 0 spiro atoms. The Morgan fingerprint density at radius 3 is 2.36 bits per heavy atom. The second kappa shape index (κ2) is 5.72. The van der Waals surface area contributed by atoms with E-state index in [1.807, 2.05) is 0 Å². The van der Waals surface area contributed by atoms with Crippen LogP contribution in [-0.4, -0.2) is 23.9 Å². The minimum Gasteiger partial charge on any atom is -0.396 e. The normalized spacial score (nSPS) is 21.4. The Morgan fingerprint density at radius 1 is 1.21 bits per heavy atom. The standard InChI is InChI=1S/C12H24O2/c1-11(2)12(14-10-6-9-13)7-4-3-5-8-12/h11,13H,3-10H2,1-2H3. The molecule has 1 rings (SSSR count). The van der Waals surface area contributed by atoms with E-state index in [1.165, 1.54) is 32.1 Å². The molecule has 84 valence electrons. The van der Waals surface area contributed by atoms with Gasteiger partial charge in [0, 0.05) is 13.2 Å². The fourth-order valence-corrected chi connectivity index (χ4v) is 2.38. The van der Waals surface area contributed by atoms with Gasteiger partial charge in [0.15, 0.2) is 0 Å². The maximum Gasteiger partial charge on any atom is 0.0705 e. The van der Waals surface area contributed by atoms with Crippen LogP contribution in [0.2, 0.25) is 0 Å². The lowest BCUT2D eigenvalue weighted by Gasteiger charge is -2.40. The molecule has 0 aliphatic heterocycles. The van der Waals surface area contributed by atoms with Crippen LogP contribution in [0.5, 0.6) is 0 Å². The topological polar surface area (TPSA) is 29.5 Å². The van der Waals surface area contributed by atoms with Crippen LogP contribution in [0.4, 0.5) is 0 Å². The Kier molecular flexibility index (Phi) is 4.90. The molecule has 0 amide bonds. The zero-order valence-corrected chi connectivity index (χ0v) is 9.59. The maximum atomic E-state index is 8.74. The fourth-order valence-electron chi connectivity index (χ4n) is 2.38. The van der Waals surface area contributed by atoms with Crippen molar-refractivity contribution in [2.75, 3.05) is 13.2 Å². The number of aliphatic hydroxyl groups is 1. The van der Waals surface area contributed by atoms with Gasteiger partial charge < -0.3 is 9.84 Å². The van der Waals surface area contributed by atoms with Gasteiger partial charge in [-0.25, -0.2) is 0 Å². The average Bonchev–Trinajstić information content (AvgIpc) is 2.19. The molecule has 2 heteroatoms. The van der Waals surface area contributed by atoms with Gasteiger partial charge in [0.25, 0.3) is 0 Å². The van der Waals surface area contributed by atoms with Crippen LogP contribution < -0.4 is 0 Å². The summed E-state index contributed by atoms with van der Waals surface area (Å²) in [6, 6.07) is 0. The van der Waals surface area contributed by atoms with Gasteiger partial charge in [-0.3, -0.25) is 0 Å². The first-order valence-electron chi connectivity index (χ1n) is 5.96. The van der Waals surface area contributed by atoms with Crippen molar-refractivity contribution in [3.8, 4) is 0 Å². The molecule has 2 nitrogen and oxygen atoms in total. The average molecular weight is 200 g/mol. The first-order valence-corrected chi connectivity index (χ1v) is 5.96. The minimum atomic E-state index is 0.118. The number of aliphatic hydroxyl groups excluding tert-OH is 1. The summed E-state index contributed by atoms with van der Waals surface area (Å²) in [4.78, 5) is 0. The molecule has 0 aromatic heterocycles. The van der Waals surface area contributed by atoms with Crippen molar-refractivity contribution >= 4 is 0 Å². The van der Waals surface area contributed by atoms with E-state index in [-0.39, 0.29) is 12.2 Å². The second-order valence-corrected chi connectivity index (χ2v) is 4.71. The molecule has 1 aliphatic carbocycles. The third kappa shape index (κ3) is 2.96. The summed E-state index contributed by atoms with van der Waals surface area (Å²) in [6.07, 6.45) is 7.15. The molecular weight excluding hydrogens is 176 g/mol. The molecule has 1 saturated carbocycles. The van der Waals surface area contributed by atoms with E-state index in [2.05, 4.69) is 13.8 Å². The molecular formula is C12H24O2. The van der Waals surface area contributed by atoms with Crippen molar-refractivity contribution in [1.82, 2.24) is 0 Å². The van der Waals surface area contributed by atoms with E-state index in [0.717, 1.165) is 6.42 Å². The molecule has 1 aliphatic rings. The largest absolute Gasteiger partial charge is 0.396 e. The predicted molar refractivity (Wildman–Crippen MR) is 58.3 cm³/mol. The number of hydrogen-bond acceptors (Lipinski definition) is 2. The van der Waals surface area contributed by atoms with Gasteiger partial charge in [0.05, 0.1) is 5.60 Å². The summed E-state index contributed by atoms with van der Waals surface area (Å²) < 4.78 is 6.01. The van der Waals surface area contributed by atoms with Gasteiger partial charge in [-0.15, -0.1) is 0 Å². The SMILES string of the molecule is CC(C)C1(OCCCO)CCCCC1. The van der Waals surface area contributed by atoms with Crippen LogP contribution >= 0.6 is 0 Å². The predicted octanol–water partition coefficient (Wildman–Crippen LogP) is 2.74. The molecule has 0 aromatic rings. The molecule has 0 radical (unpaired) electrons. The van der Waals surface area contributed by atoms with Crippen molar-refractivity contribution in [2.24, 2.45) is 5.92 Å². The highest BCUT2D eigenvalue weighted by atomic mass is 16.5. The molecule has 0 unspecified atom stereocenters. The smallest absolute Gasteiger partial charge is 0.0705 e. The number of hydrogen-bond donors (Lipinski definition) is 1. The van der Waals surface area contributed by atoms with Gasteiger partial charge in [-0.05, 0) is 25.2 Å². The zero-order chi connectivity index (χ0) is 10.4. The molecule has 0 aromatic carbocycles. The fraction of sp³-hybridized carbons (Fsp3) is 1.00. The highest BCUT2D eigenvalue weighted by Gasteiger charge is 2.35. The lowest BCUT2D eigenvalue weighted by Crippen LogP contribution is -2.40. The minimum absolute atomic E-state index is 0.118. The molecule has 0 bridgehead atoms. The van der Waals surface area contributed by atoms with Crippen LogP contribution in [0.3, 0.4) is 0 Å². The molecule has 0 heterocycles. The Labute approximate surface area is 87.7 Å². The van der Waals surface area contributed by atoms with E-state index in [4.69, 9.17) is 9.84 Å². The van der Waals surface area contributed by atoms with Crippen molar-refractivity contribution < 1.29 is 9.84 Å². The molecule has 14 heavy (non-hydrogen) atoms. The van der Waals surface area contributed by atoms with E-state index < -0.39 is 0 Å². The summed E-state index contributed by atoms with van der Waals surface area (Å²) in [6.45, 7) is 5.47. The molecule has 1 fully saturated rings. The second-order valence-electron chi connectivity index (χ2n) is 4.71. The van der Waals surface area contributed by atoms with E-state index in [1.54, 1.807) is 0 Å². The molecule has 0 atom stereocenters. The summed E-state index contributed by atoms with van der Waals surface area (Å²) in [5.41, 5.74) is 0.118. The zero-order valence-electron chi connectivity index (χ0n) is 9.59. The van der Waals surface area contributed by atoms with Crippen LogP contribution in [0.1, 0.15) is 52.4 Å². The monoisotopic (exact) mass is 200 g/mol. The highest BCUT2D eigenvalue weighted by molar-refractivity contribution is 4.87. The maximum absolute atomic E-state index is 8.74. The number of rotatable bonds is 5. The summed E-state index contributed by atoms with van der Waals surface area (Å²) in [5.74, 6) is 0.599. The van der Waals surface area contributed by atoms with Gasteiger partial charge >= 0.3 is 0 Å². The first kappa shape index (κ1) is 12.0.